The van der Waals surface area contributed by atoms with Crippen LogP contribution in [0.5, 0.6) is 5.75 Å². The SMILES string of the molecule is CC(=O)Nc1ccccc1OCC(=O)Nc1cc(C)on1. The van der Waals surface area contributed by atoms with E-state index in [0.29, 0.717) is 23.0 Å². The molecule has 1 aromatic carbocycles. The first-order valence-electron chi connectivity index (χ1n) is 6.27. The minimum Gasteiger partial charge on any atom is -0.482 e. The summed E-state index contributed by atoms with van der Waals surface area (Å²) in [6.07, 6.45) is 0. The molecular weight excluding hydrogens is 274 g/mol. The van der Waals surface area contributed by atoms with Gasteiger partial charge in [-0.15, -0.1) is 0 Å². The average molecular weight is 289 g/mol. The summed E-state index contributed by atoms with van der Waals surface area (Å²) in [7, 11) is 0. The number of nitrogens with one attached hydrogen (secondary N) is 2. The first-order chi connectivity index (χ1) is 10.0. The number of para-hydroxylation sites is 2. The minimum atomic E-state index is -0.374. The number of carbonyl (C=O) groups excluding carboxylic acids is 2. The van der Waals surface area contributed by atoms with Gasteiger partial charge < -0.3 is 19.9 Å². The van der Waals surface area contributed by atoms with Gasteiger partial charge in [-0.2, -0.15) is 0 Å². The maximum atomic E-state index is 11.7. The number of hydrogen-bond donors (Lipinski definition) is 2. The molecule has 0 aliphatic carbocycles. The van der Waals surface area contributed by atoms with Gasteiger partial charge in [0.2, 0.25) is 5.91 Å². The second-order valence-electron chi connectivity index (χ2n) is 4.34. The fraction of sp³-hybridized carbons (Fsp3) is 0.214. The molecule has 0 spiro atoms. The van der Waals surface area contributed by atoms with Gasteiger partial charge >= 0.3 is 0 Å². The van der Waals surface area contributed by atoms with Gasteiger partial charge in [-0.3, -0.25) is 9.59 Å². The summed E-state index contributed by atoms with van der Waals surface area (Å²) in [6.45, 7) is 2.92. The maximum absolute atomic E-state index is 11.7. The van der Waals surface area contributed by atoms with Crippen molar-refractivity contribution in [2.45, 2.75) is 13.8 Å². The van der Waals surface area contributed by atoms with Gasteiger partial charge in [-0.1, -0.05) is 17.3 Å². The Morgan fingerprint density at radius 3 is 2.71 bits per heavy atom. The Morgan fingerprint density at radius 2 is 2.05 bits per heavy atom. The van der Waals surface area contributed by atoms with E-state index in [1.54, 1.807) is 37.3 Å². The lowest BCUT2D eigenvalue weighted by atomic mass is 10.3. The second-order valence-corrected chi connectivity index (χ2v) is 4.34. The van der Waals surface area contributed by atoms with Crippen LogP contribution in [0.25, 0.3) is 0 Å². The Balaban J connectivity index is 1.93. The molecule has 0 saturated heterocycles. The molecule has 21 heavy (non-hydrogen) atoms. The summed E-state index contributed by atoms with van der Waals surface area (Å²) in [5.41, 5.74) is 0.509. The quantitative estimate of drug-likeness (QED) is 0.877. The van der Waals surface area contributed by atoms with Crippen LogP contribution in [0.4, 0.5) is 11.5 Å². The van der Waals surface area contributed by atoms with Gasteiger partial charge in [0.15, 0.2) is 12.4 Å². The largest absolute Gasteiger partial charge is 0.482 e. The summed E-state index contributed by atoms with van der Waals surface area (Å²) in [5.74, 6) is 0.757. The predicted molar refractivity (Wildman–Crippen MR) is 76.1 cm³/mol. The lowest BCUT2D eigenvalue weighted by Gasteiger charge is -2.10. The van der Waals surface area contributed by atoms with Crippen molar-refractivity contribution >= 4 is 23.3 Å². The van der Waals surface area contributed by atoms with Crippen molar-refractivity contribution < 1.29 is 18.8 Å². The third-order valence-electron chi connectivity index (χ3n) is 2.45. The van der Waals surface area contributed by atoms with Crippen molar-refractivity contribution in [3.8, 4) is 5.75 Å². The van der Waals surface area contributed by atoms with Crippen LogP contribution in [0.15, 0.2) is 34.9 Å². The number of ether oxygens (including phenoxy) is 1. The molecule has 0 atom stereocenters. The number of amides is 2. The van der Waals surface area contributed by atoms with Crippen LogP contribution in [-0.2, 0) is 9.59 Å². The molecule has 0 radical (unpaired) electrons. The van der Waals surface area contributed by atoms with Crippen molar-refractivity contribution in [3.63, 3.8) is 0 Å². The Bertz CT molecular complexity index is 651. The first-order valence-corrected chi connectivity index (χ1v) is 6.27. The fourth-order valence-corrected chi connectivity index (χ4v) is 1.63. The average Bonchev–Trinajstić information content (AvgIpc) is 2.82. The number of nitrogens with zero attached hydrogens (tertiary/aromatic N) is 1. The third kappa shape index (κ3) is 4.34. The van der Waals surface area contributed by atoms with E-state index in [0.717, 1.165) is 0 Å². The lowest BCUT2D eigenvalue weighted by Crippen LogP contribution is -2.20. The Labute approximate surface area is 121 Å². The van der Waals surface area contributed by atoms with Crippen molar-refractivity contribution in [1.82, 2.24) is 5.16 Å². The molecule has 0 saturated carbocycles. The van der Waals surface area contributed by atoms with Crippen molar-refractivity contribution in [3.05, 3.63) is 36.1 Å². The summed E-state index contributed by atoms with van der Waals surface area (Å²) >= 11 is 0. The smallest absolute Gasteiger partial charge is 0.263 e. The van der Waals surface area contributed by atoms with E-state index in [-0.39, 0.29) is 18.4 Å². The summed E-state index contributed by atoms with van der Waals surface area (Å²) in [4.78, 5) is 22.8. The topological polar surface area (TPSA) is 93.5 Å². The highest BCUT2D eigenvalue weighted by molar-refractivity contribution is 5.92. The zero-order valence-corrected chi connectivity index (χ0v) is 11.7. The molecule has 2 rings (SSSR count). The molecule has 0 unspecified atom stereocenters. The minimum absolute atomic E-state index is 0.206. The molecular formula is C14H15N3O4. The van der Waals surface area contributed by atoms with Gasteiger partial charge in [0.25, 0.3) is 5.91 Å². The van der Waals surface area contributed by atoms with Crippen LogP contribution in [0.2, 0.25) is 0 Å². The molecule has 2 N–H and O–H groups in total. The molecule has 110 valence electrons. The molecule has 7 nitrogen and oxygen atoms in total. The summed E-state index contributed by atoms with van der Waals surface area (Å²) < 4.78 is 10.2. The molecule has 0 aliphatic heterocycles. The number of carbonyl (C=O) groups is 2. The highest BCUT2D eigenvalue weighted by atomic mass is 16.5. The Kier molecular flexibility index (Phi) is 4.55. The van der Waals surface area contributed by atoms with Gasteiger partial charge in [0.05, 0.1) is 5.69 Å². The molecule has 1 heterocycles. The summed E-state index contributed by atoms with van der Waals surface area (Å²) in [6, 6.07) is 8.47. The lowest BCUT2D eigenvalue weighted by molar-refractivity contribution is -0.118. The molecule has 0 bridgehead atoms. The van der Waals surface area contributed by atoms with E-state index in [2.05, 4.69) is 15.8 Å². The van der Waals surface area contributed by atoms with E-state index in [4.69, 9.17) is 9.26 Å². The number of rotatable bonds is 5. The van der Waals surface area contributed by atoms with E-state index in [1.165, 1.54) is 6.92 Å². The zero-order chi connectivity index (χ0) is 15.2. The van der Waals surface area contributed by atoms with Crippen molar-refractivity contribution in [2.75, 3.05) is 17.2 Å². The molecule has 2 aromatic rings. The fourth-order valence-electron chi connectivity index (χ4n) is 1.63. The second kappa shape index (κ2) is 6.56. The standard InChI is InChI=1S/C14H15N3O4/c1-9-7-13(17-21-9)16-14(19)8-20-12-6-4-3-5-11(12)15-10(2)18/h3-7H,8H2,1-2H3,(H,15,18)(H,16,17,19). The zero-order valence-electron chi connectivity index (χ0n) is 11.7. The first kappa shape index (κ1) is 14.6. The van der Waals surface area contributed by atoms with Gasteiger partial charge in [-0.05, 0) is 19.1 Å². The maximum Gasteiger partial charge on any atom is 0.263 e. The highest BCUT2D eigenvalue weighted by Crippen LogP contribution is 2.23. The van der Waals surface area contributed by atoms with E-state index >= 15 is 0 Å². The van der Waals surface area contributed by atoms with Crippen LogP contribution in [0, 0.1) is 6.92 Å². The van der Waals surface area contributed by atoms with Crippen LogP contribution in [-0.4, -0.2) is 23.6 Å². The van der Waals surface area contributed by atoms with Gasteiger partial charge in [0.1, 0.15) is 11.5 Å². The van der Waals surface area contributed by atoms with Crippen molar-refractivity contribution in [1.29, 1.82) is 0 Å². The van der Waals surface area contributed by atoms with Crippen LogP contribution >= 0.6 is 0 Å². The monoisotopic (exact) mass is 289 g/mol. The Morgan fingerprint density at radius 1 is 1.29 bits per heavy atom. The number of hydrogen-bond acceptors (Lipinski definition) is 5. The molecule has 1 aromatic heterocycles. The summed E-state index contributed by atoms with van der Waals surface area (Å²) in [5, 5.41) is 8.81. The van der Waals surface area contributed by atoms with Gasteiger partial charge in [0, 0.05) is 13.0 Å². The molecule has 7 heteroatoms. The number of aromatic nitrogens is 1. The Hall–Kier alpha value is -2.83. The number of aryl methyl sites for hydroxylation is 1. The van der Waals surface area contributed by atoms with Gasteiger partial charge in [-0.25, -0.2) is 0 Å². The number of benzene rings is 1. The van der Waals surface area contributed by atoms with E-state index in [1.807, 2.05) is 0 Å². The van der Waals surface area contributed by atoms with Crippen LogP contribution in [0.1, 0.15) is 12.7 Å². The number of anilines is 2. The van der Waals surface area contributed by atoms with E-state index in [9.17, 15) is 9.59 Å². The van der Waals surface area contributed by atoms with Crippen LogP contribution < -0.4 is 15.4 Å². The normalized spacial score (nSPS) is 10.0. The van der Waals surface area contributed by atoms with E-state index < -0.39 is 0 Å². The molecule has 0 aliphatic rings. The van der Waals surface area contributed by atoms with Crippen molar-refractivity contribution in [2.24, 2.45) is 0 Å². The molecule has 2 amide bonds. The van der Waals surface area contributed by atoms with Crippen LogP contribution in [0.3, 0.4) is 0 Å². The highest BCUT2D eigenvalue weighted by Gasteiger charge is 2.09. The third-order valence-corrected chi connectivity index (χ3v) is 2.45. The molecule has 0 fully saturated rings. The predicted octanol–water partition coefficient (Wildman–Crippen LogP) is 1.96.